The van der Waals surface area contributed by atoms with Crippen molar-refractivity contribution in [3.63, 3.8) is 0 Å². The van der Waals surface area contributed by atoms with Crippen LogP contribution in [0, 0.1) is 18.7 Å². The number of Topliss-reactive ketones (excluding diaryl/α,β-unsaturated/α-hetero) is 1. The Morgan fingerprint density at radius 2 is 2.12 bits per heavy atom. The molecule has 17 heavy (non-hydrogen) atoms. The molecular weight excluding hydrogens is 235 g/mol. The molecule has 0 spiro atoms. The number of thioether (sulfide) groups is 1. The van der Waals surface area contributed by atoms with Gasteiger partial charge in [-0.2, -0.15) is 11.8 Å². The van der Waals surface area contributed by atoms with Crippen molar-refractivity contribution in [1.29, 1.82) is 0 Å². The SMILES string of the molecule is Cc1ccc(F)cc1CC(=O)CSCC(C)C. The highest BCUT2D eigenvalue weighted by atomic mass is 32.2. The lowest BCUT2D eigenvalue weighted by Gasteiger charge is -2.06. The monoisotopic (exact) mass is 254 g/mol. The van der Waals surface area contributed by atoms with E-state index in [-0.39, 0.29) is 11.6 Å². The highest BCUT2D eigenvalue weighted by molar-refractivity contribution is 7.99. The molecule has 1 aromatic carbocycles. The number of hydrogen-bond acceptors (Lipinski definition) is 2. The lowest BCUT2D eigenvalue weighted by Crippen LogP contribution is -2.08. The summed E-state index contributed by atoms with van der Waals surface area (Å²) in [5.74, 6) is 2.02. The van der Waals surface area contributed by atoms with Crippen LogP contribution in [0.25, 0.3) is 0 Å². The molecule has 0 N–H and O–H groups in total. The van der Waals surface area contributed by atoms with Gasteiger partial charge in [0.15, 0.2) is 0 Å². The van der Waals surface area contributed by atoms with Gasteiger partial charge >= 0.3 is 0 Å². The molecule has 0 fully saturated rings. The molecule has 3 heteroatoms. The Bertz CT molecular complexity index is 388. The minimum atomic E-state index is -0.270. The number of hydrogen-bond donors (Lipinski definition) is 0. The fourth-order valence-corrected chi connectivity index (χ4v) is 2.42. The van der Waals surface area contributed by atoms with Crippen LogP contribution in [0.4, 0.5) is 4.39 Å². The van der Waals surface area contributed by atoms with Crippen molar-refractivity contribution < 1.29 is 9.18 Å². The minimum absolute atomic E-state index is 0.171. The van der Waals surface area contributed by atoms with Gasteiger partial charge in [-0.05, 0) is 41.9 Å². The van der Waals surface area contributed by atoms with Gasteiger partial charge in [0.2, 0.25) is 0 Å². The van der Waals surface area contributed by atoms with Crippen LogP contribution < -0.4 is 0 Å². The minimum Gasteiger partial charge on any atom is -0.298 e. The molecule has 1 aromatic rings. The van der Waals surface area contributed by atoms with E-state index >= 15 is 0 Å². The van der Waals surface area contributed by atoms with Crippen molar-refractivity contribution in [3.8, 4) is 0 Å². The molecule has 94 valence electrons. The average Bonchev–Trinajstić information content (AvgIpc) is 2.23. The highest BCUT2D eigenvalue weighted by Gasteiger charge is 2.08. The highest BCUT2D eigenvalue weighted by Crippen LogP contribution is 2.13. The fraction of sp³-hybridized carbons (Fsp3) is 0.500. The Morgan fingerprint density at radius 3 is 2.76 bits per heavy atom. The van der Waals surface area contributed by atoms with Crippen LogP contribution in [-0.4, -0.2) is 17.3 Å². The molecule has 1 rings (SSSR count). The van der Waals surface area contributed by atoms with Gasteiger partial charge in [0.1, 0.15) is 11.6 Å². The number of aryl methyl sites for hydroxylation is 1. The van der Waals surface area contributed by atoms with Crippen LogP contribution in [0.3, 0.4) is 0 Å². The van der Waals surface area contributed by atoms with Crippen molar-refractivity contribution in [2.24, 2.45) is 5.92 Å². The standard InChI is InChI=1S/C14H19FOS/c1-10(2)8-17-9-14(16)7-12-6-13(15)5-4-11(12)3/h4-6,10H,7-9H2,1-3H3. The predicted octanol–water partition coefficient (Wildman–Crippen LogP) is 3.63. The van der Waals surface area contributed by atoms with E-state index in [0.29, 0.717) is 18.1 Å². The van der Waals surface area contributed by atoms with Gasteiger partial charge in [0.25, 0.3) is 0 Å². The third kappa shape index (κ3) is 5.35. The topological polar surface area (TPSA) is 17.1 Å². The summed E-state index contributed by atoms with van der Waals surface area (Å²) in [6, 6.07) is 4.61. The van der Waals surface area contributed by atoms with Crippen molar-refractivity contribution >= 4 is 17.5 Å². The lowest BCUT2D eigenvalue weighted by atomic mass is 10.0. The molecule has 0 amide bonds. The van der Waals surface area contributed by atoms with E-state index in [0.717, 1.165) is 16.9 Å². The summed E-state index contributed by atoms with van der Waals surface area (Å²) >= 11 is 1.66. The van der Waals surface area contributed by atoms with E-state index in [1.807, 2.05) is 6.92 Å². The van der Waals surface area contributed by atoms with E-state index in [9.17, 15) is 9.18 Å². The molecule has 0 radical (unpaired) electrons. The average molecular weight is 254 g/mol. The van der Waals surface area contributed by atoms with Crippen LogP contribution in [-0.2, 0) is 11.2 Å². The van der Waals surface area contributed by atoms with Crippen molar-refractivity contribution in [2.45, 2.75) is 27.2 Å². The van der Waals surface area contributed by atoms with Crippen LogP contribution in [0.2, 0.25) is 0 Å². The molecule has 0 saturated heterocycles. The summed E-state index contributed by atoms with van der Waals surface area (Å²) in [7, 11) is 0. The Balaban J connectivity index is 2.47. The summed E-state index contributed by atoms with van der Waals surface area (Å²) in [5, 5.41) is 0. The third-order valence-corrected chi connectivity index (χ3v) is 3.84. The van der Waals surface area contributed by atoms with Gasteiger partial charge in [-0.25, -0.2) is 4.39 Å². The van der Waals surface area contributed by atoms with E-state index in [1.54, 1.807) is 17.8 Å². The van der Waals surface area contributed by atoms with Gasteiger partial charge in [0.05, 0.1) is 5.75 Å². The quantitative estimate of drug-likeness (QED) is 0.771. The summed E-state index contributed by atoms with van der Waals surface area (Å²) < 4.78 is 13.0. The van der Waals surface area contributed by atoms with E-state index < -0.39 is 0 Å². The van der Waals surface area contributed by atoms with Gasteiger partial charge in [-0.15, -0.1) is 0 Å². The second kappa shape index (κ2) is 6.80. The number of carbonyl (C=O) groups is 1. The molecule has 0 aliphatic carbocycles. The molecule has 0 bridgehead atoms. The van der Waals surface area contributed by atoms with Gasteiger partial charge < -0.3 is 0 Å². The maximum atomic E-state index is 13.0. The zero-order chi connectivity index (χ0) is 12.8. The molecule has 0 aliphatic heterocycles. The van der Waals surface area contributed by atoms with Crippen molar-refractivity contribution in [2.75, 3.05) is 11.5 Å². The Kier molecular flexibility index (Phi) is 5.69. The second-order valence-electron chi connectivity index (χ2n) is 4.70. The fourth-order valence-electron chi connectivity index (χ4n) is 1.50. The largest absolute Gasteiger partial charge is 0.298 e. The first-order chi connectivity index (χ1) is 7.99. The second-order valence-corrected chi connectivity index (χ2v) is 5.73. The first kappa shape index (κ1) is 14.2. The summed E-state index contributed by atoms with van der Waals surface area (Å²) in [5.41, 5.74) is 1.79. The summed E-state index contributed by atoms with van der Waals surface area (Å²) in [6.45, 7) is 6.17. The van der Waals surface area contributed by atoms with Crippen LogP contribution >= 0.6 is 11.8 Å². The Hall–Kier alpha value is -0.830. The Morgan fingerprint density at radius 1 is 1.41 bits per heavy atom. The molecule has 0 saturated carbocycles. The molecular formula is C14H19FOS. The van der Waals surface area contributed by atoms with Gasteiger partial charge in [-0.3, -0.25) is 4.79 Å². The number of carbonyl (C=O) groups excluding carboxylic acids is 1. The smallest absolute Gasteiger partial charge is 0.147 e. The first-order valence-corrected chi connectivity index (χ1v) is 6.99. The molecule has 0 aliphatic rings. The maximum absolute atomic E-state index is 13.0. The number of halogens is 1. The molecule has 0 heterocycles. The molecule has 0 unspecified atom stereocenters. The van der Waals surface area contributed by atoms with E-state index in [1.165, 1.54) is 12.1 Å². The predicted molar refractivity (Wildman–Crippen MR) is 72.0 cm³/mol. The first-order valence-electron chi connectivity index (χ1n) is 5.83. The lowest BCUT2D eigenvalue weighted by molar-refractivity contribution is -0.116. The van der Waals surface area contributed by atoms with Crippen molar-refractivity contribution in [3.05, 3.63) is 35.1 Å². The zero-order valence-corrected chi connectivity index (χ0v) is 11.4. The number of benzene rings is 1. The Labute approximate surface area is 107 Å². The number of rotatable bonds is 6. The third-order valence-electron chi connectivity index (χ3n) is 2.41. The molecule has 1 nitrogen and oxygen atoms in total. The van der Waals surface area contributed by atoms with Crippen LogP contribution in [0.15, 0.2) is 18.2 Å². The summed E-state index contributed by atoms with van der Waals surface area (Å²) in [6.07, 6.45) is 0.342. The van der Waals surface area contributed by atoms with Gasteiger partial charge in [0, 0.05) is 6.42 Å². The maximum Gasteiger partial charge on any atom is 0.147 e. The normalized spacial score (nSPS) is 10.9. The molecule has 0 aromatic heterocycles. The molecule has 0 atom stereocenters. The summed E-state index contributed by atoms with van der Waals surface area (Å²) in [4.78, 5) is 11.7. The van der Waals surface area contributed by atoms with Crippen LogP contribution in [0.1, 0.15) is 25.0 Å². The van der Waals surface area contributed by atoms with E-state index in [4.69, 9.17) is 0 Å². The van der Waals surface area contributed by atoms with Gasteiger partial charge in [-0.1, -0.05) is 19.9 Å². The zero-order valence-electron chi connectivity index (χ0n) is 10.6. The van der Waals surface area contributed by atoms with Crippen molar-refractivity contribution in [1.82, 2.24) is 0 Å². The van der Waals surface area contributed by atoms with Crippen LogP contribution in [0.5, 0.6) is 0 Å². The van der Waals surface area contributed by atoms with E-state index in [2.05, 4.69) is 13.8 Å². The number of ketones is 1.